The highest BCUT2D eigenvalue weighted by Crippen LogP contribution is 2.29. The van der Waals surface area contributed by atoms with E-state index in [4.69, 9.17) is 11.6 Å². The molecule has 0 aliphatic rings. The molecule has 0 saturated carbocycles. The molecule has 1 N–H and O–H groups in total. The minimum Gasteiger partial charge on any atom is -0.355 e. The van der Waals surface area contributed by atoms with Gasteiger partial charge in [0.25, 0.3) is 10.0 Å². The van der Waals surface area contributed by atoms with Crippen LogP contribution in [0.1, 0.15) is 36.1 Å². The Kier molecular flexibility index (Phi) is 11.2. The van der Waals surface area contributed by atoms with Gasteiger partial charge in [-0.3, -0.25) is 13.9 Å². The highest BCUT2D eigenvalue weighted by molar-refractivity contribution is 7.92. The fourth-order valence-electron chi connectivity index (χ4n) is 5.04. The topological polar surface area (TPSA) is 86.8 Å². The van der Waals surface area contributed by atoms with Crippen molar-refractivity contribution in [3.05, 3.63) is 130 Å². The van der Waals surface area contributed by atoms with E-state index in [9.17, 15) is 18.0 Å². The number of carbonyl (C=O) groups excluding carboxylic acids is 2. The molecule has 0 aliphatic carbocycles. The van der Waals surface area contributed by atoms with Gasteiger partial charge < -0.3 is 10.2 Å². The van der Waals surface area contributed by atoms with Crippen LogP contribution in [0.2, 0.25) is 5.02 Å². The van der Waals surface area contributed by atoms with Crippen LogP contribution in [0.5, 0.6) is 0 Å². The molecule has 7 nitrogen and oxygen atoms in total. The van der Waals surface area contributed by atoms with Crippen molar-refractivity contribution >= 4 is 39.1 Å². The van der Waals surface area contributed by atoms with Gasteiger partial charge in [-0.1, -0.05) is 96.9 Å². The number of nitrogens with zero attached hydrogens (tertiary/aromatic N) is 2. The summed E-state index contributed by atoms with van der Waals surface area (Å²) in [4.78, 5) is 29.6. The number of sulfonamides is 1. The van der Waals surface area contributed by atoms with Crippen LogP contribution in [0, 0.1) is 6.92 Å². The van der Waals surface area contributed by atoms with Crippen molar-refractivity contribution in [2.75, 3.05) is 17.4 Å². The second-order valence-electron chi connectivity index (χ2n) is 10.6. The molecule has 230 valence electrons. The number of likely N-dealkylation sites (N-methyl/N-ethyl adjacent to an activating group) is 1. The summed E-state index contributed by atoms with van der Waals surface area (Å²) in [6.07, 6.45) is 0.816. The summed E-state index contributed by atoms with van der Waals surface area (Å²) in [6.45, 7) is 5.61. The number of hydrogen-bond donors (Lipinski definition) is 1. The van der Waals surface area contributed by atoms with Gasteiger partial charge in [-0.25, -0.2) is 8.42 Å². The Hall–Kier alpha value is -4.14. The third-order valence-corrected chi connectivity index (χ3v) is 9.44. The van der Waals surface area contributed by atoms with Gasteiger partial charge in [0.2, 0.25) is 11.8 Å². The first-order chi connectivity index (χ1) is 21.1. The minimum absolute atomic E-state index is 0.0793. The Morgan fingerprint density at radius 3 is 2.09 bits per heavy atom. The molecule has 0 aliphatic heterocycles. The molecule has 9 heteroatoms. The zero-order chi connectivity index (χ0) is 31.7. The van der Waals surface area contributed by atoms with E-state index in [1.165, 1.54) is 9.21 Å². The van der Waals surface area contributed by atoms with Crippen LogP contribution in [0.25, 0.3) is 0 Å². The van der Waals surface area contributed by atoms with Crippen molar-refractivity contribution in [2.24, 2.45) is 0 Å². The van der Waals surface area contributed by atoms with Gasteiger partial charge in [0, 0.05) is 24.5 Å². The number of halogens is 1. The normalized spacial score (nSPS) is 11.9. The summed E-state index contributed by atoms with van der Waals surface area (Å²) in [5, 5.41) is 3.42. The Balaban J connectivity index is 1.82. The van der Waals surface area contributed by atoms with Gasteiger partial charge in [0.05, 0.1) is 10.6 Å². The summed E-state index contributed by atoms with van der Waals surface area (Å²) in [6, 6.07) is 29.4. The molecule has 0 bridgehead atoms. The van der Waals surface area contributed by atoms with Gasteiger partial charge in [-0.05, 0) is 67.3 Å². The number of rotatable bonds is 13. The molecule has 0 saturated heterocycles. The lowest BCUT2D eigenvalue weighted by molar-refractivity contribution is -0.140. The minimum atomic E-state index is -4.16. The van der Waals surface area contributed by atoms with E-state index in [1.807, 2.05) is 63.2 Å². The molecule has 0 fully saturated rings. The third-order valence-electron chi connectivity index (χ3n) is 7.42. The maximum absolute atomic E-state index is 14.5. The maximum Gasteiger partial charge on any atom is 0.264 e. The predicted octanol–water partition coefficient (Wildman–Crippen LogP) is 6.18. The van der Waals surface area contributed by atoms with Crippen LogP contribution in [0.4, 0.5) is 5.69 Å². The second kappa shape index (κ2) is 15.0. The number of hydrogen-bond acceptors (Lipinski definition) is 4. The predicted molar refractivity (Wildman–Crippen MR) is 176 cm³/mol. The molecular weight excluding hydrogens is 594 g/mol. The lowest BCUT2D eigenvalue weighted by atomic mass is 10.0. The highest BCUT2D eigenvalue weighted by atomic mass is 35.5. The Morgan fingerprint density at radius 2 is 1.45 bits per heavy atom. The summed E-state index contributed by atoms with van der Waals surface area (Å²) in [5.41, 5.74) is 3.75. The molecular formula is C35H38ClN3O4S. The molecule has 1 unspecified atom stereocenters. The van der Waals surface area contributed by atoms with E-state index in [2.05, 4.69) is 5.32 Å². The first-order valence-electron chi connectivity index (χ1n) is 14.7. The molecule has 0 spiro atoms. The van der Waals surface area contributed by atoms with Crippen molar-refractivity contribution in [3.63, 3.8) is 0 Å². The van der Waals surface area contributed by atoms with Crippen LogP contribution in [0.15, 0.2) is 108 Å². The standard InChI is InChI=1S/C35H38ClN3O4S/c1-4-29-13-9-10-14-32(29)39(44(42,43)31-21-15-26(3)16-22-31)25-34(40)38(24-28-17-19-30(36)20-18-28)33(35(41)37-5-2)23-27-11-7-6-8-12-27/h6-22,33H,4-5,23-25H2,1-3H3,(H,37,41). The second-order valence-corrected chi connectivity index (χ2v) is 12.9. The zero-order valence-corrected chi connectivity index (χ0v) is 26.8. The van der Waals surface area contributed by atoms with Gasteiger partial charge >= 0.3 is 0 Å². The Bertz CT molecular complexity index is 1660. The van der Waals surface area contributed by atoms with Crippen LogP contribution >= 0.6 is 11.6 Å². The summed E-state index contributed by atoms with van der Waals surface area (Å²) >= 11 is 6.14. The zero-order valence-electron chi connectivity index (χ0n) is 25.2. The van der Waals surface area contributed by atoms with Crippen LogP contribution < -0.4 is 9.62 Å². The van der Waals surface area contributed by atoms with E-state index >= 15 is 0 Å². The molecule has 4 aromatic carbocycles. The van der Waals surface area contributed by atoms with Crippen molar-refractivity contribution in [1.29, 1.82) is 0 Å². The van der Waals surface area contributed by atoms with Crippen molar-refractivity contribution in [1.82, 2.24) is 10.2 Å². The summed E-state index contributed by atoms with van der Waals surface area (Å²) in [7, 11) is -4.16. The van der Waals surface area contributed by atoms with Gasteiger partial charge in [0.15, 0.2) is 0 Å². The monoisotopic (exact) mass is 631 g/mol. The van der Waals surface area contributed by atoms with Gasteiger partial charge in [0.1, 0.15) is 12.6 Å². The fraction of sp³-hybridized carbons (Fsp3) is 0.257. The van der Waals surface area contributed by atoms with E-state index in [1.54, 1.807) is 60.7 Å². The number of aryl methyl sites for hydroxylation is 2. The van der Waals surface area contributed by atoms with Crippen molar-refractivity contribution < 1.29 is 18.0 Å². The molecule has 0 radical (unpaired) electrons. The van der Waals surface area contributed by atoms with E-state index in [-0.39, 0.29) is 23.8 Å². The van der Waals surface area contributed by atoms with Gasteiger partial charge in [-0.15, -0.1) is 0 Å². The molecule has 0 aromatic heterocycles. The molecule has 4 rings (SSSR count). The lowest BCUT2D eigenvalue weighted by Gasteiger charge is -2.34. The summed E-state index contributed by atoms with van der Waals surface area (Å²) < 4.78 is 29.6. The quantitative estimate of drug-likeness (QED) is 0.191. The average Bonchev–Trinajstić information content (AvgIpc) is 3.03. The average molecular weight is 632 g/mol. The molecule has 4 aromatic rings. The Labute approximate surface area is 265 Å². The van der Waals surface area contributed by atoms with E-state index < -0.39 is 28.5 Å². The molecule has 0 heterocycles. The largest absolute Gasteiger partial charge is 0.355 e. The first kappa shape index (κ1) is 32.8. The number of para-hydroxylation sites is 1. The number of amides is 2. The third kappa shape index (κ3) is 8.07. The fourth-order valence-corrected chi connectivity index (χ4v) is 6.61. The van der Waals surface area contributed by atoms with Gasteiger partial charge in [-0.2, -0.15) is 0 Å². The number of benzene rings is 4. The molecule has 2 amide bonds. The summed E-state index contributed by atoms with van der Waals surface area (Å²) in [5.74, 6) is -0.825. The van der Waals surface area contributed by atoms with Crippen LogP contribution in [-0.4, -0.2) is 44.3 Å². The maximum atomic E-state index is 14.5. The van der Waals surface area contributed by atoms with Crippen LogP contribution in [-0.2, 0) is 39.0 Å². The molecule has 1 atom stereocenters. The number of nitrogens with one attached hydrogen (secondary N) is 1. The van der Waals surface area contributed by atoms with E-state index in [0.29, 0.717) is 23.7 Å². The smallest absolute Gasteiger partial charge is 0.264 e. The highest BCUT2D eigenvalue weighted by Gasteiger charge is 2.35. The molecule has 44 heavy (non-hydrogen) atoms. The number of carbonyl (C=O) groups is 2. The van der Waals surface area contributed by atoms with Crippen molar-refractivity contribution in [3.8, 4) is 0 Å². The SMILES string of the molecule is CCNC(=O)C(Cc1ccccc1)N(Cc1ccc(Cl)cc1)C(=O)CN(c1ccccc1CC)S(=O)(=O)c1ccc(C)cc1. The Morgan fingerprint density at radius 1 is 0.818 bits per heavy atom. The van der Waals surface area contributed by atoms with E-state index in [0.717, 1.165) is 22.3 Å². The number of anilines is 1. The lowest BCUT2D eigenvalue weighted by Crippen LogP contribution is -2.53. The van der Waals surface area contributed by atoms with Crippen molar-refractivity contribution in [2.45, 2.75) is 51.1 Å². The van der Waals surface area contributed by atoms with Crippen LogP contribution in [0.3, 0.4) is 0 Å². The first-order valence-corrected chi connectivity index (χ1v) is 16.5.